The van der Waals surface area contributed by atoms with Crippen LogP contribution >= 0.6 is 0 Å². The van der Waals surface area contributed by atoms with Gasteiger partial charge in [-0.05, 0) is 70.9 Å². The molecule has 2 aliphatic rings. The summed E-state index contributed by atoms with van der Waals surface area (Å²) in [6.45, 7) is -1.94. The highest BCUT2D eigenvalue weighted by Crippen LogP contribution is 2.21. The van der Waals surface area contributed by atoms with Crippen molar-refractivity contribution in [3.05, 3.63) is 35.9 Å². The Kier molecular flexibility index (Phi) is 32.3. The molecular formula is C54H84N18O20. The van der Waals surface area contributed by atoms with Crippen LogP contribution in [0, 0.1) is 0 Å². The highest BCUT2D eigenvalue weighted by atomic mass is 16.4. The molecule has 0 saturated carbocycles. The molecule has 1 aromatic rings. The van der Waals surface area contributed by atoms with E-state index in [1.807, 2.05) is 0 Å². The summed E-state index contributed by atoms with van der Waals surface area (Å²) >= 11 is 0. The van der Waals surface area contributed by atoms with Crippen LogP contribution in [0.15, 0.2) is 35.3 Å². The summed E-state index contributed by atoms with van der Waals surface area (Å²) in [5.41, 5.74) is 21.7. The van der Waals surface area contributed by atoms with E-state index in [-0.39, 0.29) is 50.6 Å². The average molecular weight is 1310 g/mol. The van der Waals surface area contributed by atoms with Crippen molar-refractivity contribution < 1.29 is 97.5 Å². The molecule has 25 N–H and O–H groups in total. The molecule has 38 heteroatoms. The highest BCUT2D eigenvalue weighted by molar-refractivity contribution is 6.00. The number of hydrogen-bond acceptors (Lipinski definition) is 21. The zero-order valence-electron chi connectivity index (χ0n) is 50.6. The van der Waals surface area contributed by atoms with Gasteiger partial charge >= 0.3 is 5.97 Å². The van der Waals surface area contributed by atoms with E-state index >= 15 is 0 Å². The van der Waals surface area contributed by atoms with Crippen LogP contribution in [0.3, 0.4) is 0 Å². The quantitative estimate of drug-likeness (QED) is 0.0165. The summed E-state index contributed by atoms with van der Waals surface area (Å²) in [6.07, 6.45) is -1.62. The SMILES string of the molecule is C[C@H](NC(=O)[C@H](CO)NC(=O)[C@H](CO)NC(=O)[C@H](Cc1ccccc1)NC(=O)[C@H](CO)NC(=O)[C@H](CC(N)=O)NC(=O)[C@@H]1CCCN1C(=O)[C@@H]1CCCN1)C(=O)NCC(=O)NCC(=O)N[C@@H](CCC(N)=O)C(=O)N[C@@H](CCCN=C(N)N)C(=O)N[C@H](C(=O)O)[C@@H](C)O. The van der Waals surface area contributed by atoms with Gasteiger partial charge in [-0.2, -0.15) is 0 Å². The van der Waals surface area contributed by atoms with Crippen LogP contribution in [-0.2, 0) is 78.3 Å². The molecule has 0 aliphatic carbocycles. The third-order valence-corrected chi connectivity index (χ3v) is 14.2. The number of carbonyl (C=O) groups excluding carboxylic acids is 14. The number of aliphatic hydroxyl groups is 4. The van der Waals surface area contributed by atoms with E-state index in [0.717, 1.165) is 20.3 Å². The first kappa shape index (κ1) is 76.6. The standard InChI is InChI=1S/C54H84N18O20/c1-26(43(81)62-21-40(79)61-22-41(80)64-30(14-15-38(55)77)44(82)65-29(11-6-17-60-54(57)58)45(83)71-42(27(2)76)53(91)92)63-48(86)34(23-73)70-50(88)36(25-75)68-46(84)32(19-28-9-4-3-5-10-28)66-49(87)35(24-74)69-47(85)33(20-39(56)78)67-51(89)37-13-8-18-72(37)52(90)31-12-7-16-59-31/h3-5,9-10,26-27,29-37,42,59,73-76H,6-8,11-25H2,1-2H3,(H2,55,77)(H2,56,78)(H,61,79)(H,62,81)(H,63,86)(H,64,80)(H,65,82)(H,66,87)(H,67,89)(H,68,84)(H,69,85)(H,70,88)(H,71,83)(H,91,92)(H4,57,58,60)/t26-,27+,29-,30-,31-,32-,33-,34-,35-,36-,37-,42-/m0/s1. The van der Waals surface area contributed by atoms with Gasteiger partial charge in [0.2, 0.25) is 82.7 Å². The molecule has 0 unspecified atom stereocenters. The lowest BCUT2D eigenvalue weighted by Gasteiger charge is -2.29. The lowest BCUT2D eigenvalue weighted by atomic mass is 10.0. The number of primary amides is 2. The van der Waals surface area contributed by atoms with Crippen LogP contribution in [0.25, 0.3) is 0 Å². The van der Waals surface area contributed by atoms with Gasteiger partial charge in [0.25, 0.3) is 0 Å². The maximum atomic E-state index is 13.9. The number of nitrogens with zero attached hydrogens (tertiary/aromatic N) is 2. The molecule has 14 amide bonds. The maximum absolute atomic E-state index is 13.9. The molecule has 2 heterocycles. The van der Waals surface area contributed by atoms with Gasteiger partial charge in [0.05, 0.1) is 51.5 Å². The first-order valence-corrected chi connectivity index (χ1v) is 29.2. The topological polar surface area (TPSA) is 621 Å². The number of aliphatic hydroxyl groups excluding tert-OH is 4. The first-order valence-electron chi connectivity index (χ1n) is 29.2. The molecule has 3 rings (SSSR count). The number of aliphatic imine (C=N–C) groups is 1. The van der Waals surface area contributed by atoms with Crippen molar-refractivity contribution in [2.45, 2.75) is 151 Å². The number of likely N-dealkylation sites (tertiary alicyclic amines) is 1. The Hall–Kier alpha value is -9.66. The number of rotatable bonds is 39. The zero-order chi connectivity index (χ0) is 68.8. The van der Waals surface area contributed by atoms with Crippen LogP contribution in [0.4, 0.5) is 0 Å². The number of carboxylic acid groups (broad SMARTS) is 1. The summed E-state index contributed by atoms with van der Waals surface area (Å²) in [7, 11) is 0. The number of nitrogens with one attached hydrogen (secondary N) is 12. The summed E-state index contributed by atoms with van der Waals surface area (Å²) < 4.78 is 0. The van der Waals surface area contributed by atoms with Crippen molar-refractivity contribution in [1.29, 1.82) is 0 Å². The maximum Gasteiger partial charge on any atom is 0.328 e. The highest BCUT2D eigenvalue weighted by Gasteiger charge is 2.41. The summed E-state index contributed by atoms with van der Waals surface area (Å²) in [4.78, 5) is 200. The molecule has 0 bridgehead atoms. The second-order valence-electron chi connectivity index (χ2n) is 21.5. The van der Waals surface area contributed by atoms with E-state index in [1.54, 1.807) is 30.3 Å². The number of carbonyl (C=O) groups is 15. The third kappa shape index (κ3) is 26.0. The lowest BCUT2D eigenvalue weighted by molar-refractivity contribution is -0.145. The molecule has 2 fully saturated rings. The monoisotopic (exact) mass is 1300 g/mol. The number of aliphatic carboxylic acids is 1. The predicted octanol–water partition coefficient (Wildman–Crippen LogP) is -11.8. The van der Waals surface area contributed by atoms with Gasteiger partial charge in [0, 0.05) is 25.9 Å². The van der Waals surface area contributed by atoms with Crippen molar-refractivity contribution >= 4 is 94.6 Å². The smallest absolute Gasteiger partial charge is 0.328 e. The molecule has 0 spiro atoms. The number of guanidine groups is 1. The van der Waals surface area contributed by atoms with Gasteiger partial charge in [-0.25, -0.2) is 4.79 Å². The fourth-order valence-electron chi connectivity index (χ4n) is 9.24. The van der Waals surface area contributed by atoms with E-state index < -0.39 is 207 Å². The van der Waals surface area contributed by atoms with E-state index in [4.69, 9.17) is 22.9 Å². The van der Waals surface area contributed by atoms with Gasteiger partial charge in [0.1, 0.15) is 54.4 Å². The van der Waals surface area contributed by atoms with Gasteiger partial charge in [-0.15, -0.1) is 0 Å². The minimum absolute atomic E-state index is 0.0319. The number of benzene rings is 1. The molecule has 2 aliphatic heterocycles. The number of amides is 14. The zero-order valence-corrected chi connectivity index (χ0v) is 50.6. The van der Waals surface area contributed by atoms with Gasteiger partial charge < -0.3 is 117 Å². The Labute approximate surface area is 526 Å². The van der Waals surface area contributed by atoms with Crippen LogP contribution in [0.5, 0.6) is 0 Å². The molecule has 12 atom stereocenters. The van der Waals surface area contributed by atoms with Crippen molar-refractivity contribution in [3.8, 4) is 0 Å². The molecule has 1 aromatic carbocycles. The molecule has 92 heavy (non-hydrogen) atoms. The Balaban J connectivity index is 1.61. The second-order valence-corrected chi connectivity index (χ2v) is 21.5. The van der Waals surface area contributed by atoms with Crippen molar-refractivity contribution in [3.63, 3.8) is 0 Å². The van der Waals surface area contributed by atoms with E-state index in [2.05, 4.69) is 68.8 Å². The Morgan fingerprint density at radius 2 is 1.11 bits per heavy atom. The van der Waals surface area contributed by atoms with Crippen LogP contribution in [0.1, 0.15) is 77.2 Å². The molecule has 2 saturated heterocycles. The summed E-state index contributed by atoms with van der Waals surface area (Å²) in [6, 6.07) is -8.83. The number of hydrogen-bond donors (Lipinski definition) is 21. The van der Waals surface area contributed by atoms with Crippen LogP contribution in [0.2, 0.25) is 0 Å². The predicted molar refractivity (Wildman–Crippen MR) is 318 cm³/mol. The van der Waals surface area contributed by atoms with Crippen molar-refractivity contribution in [2.24, 2.45) is 27.9 Å². The summed E-state index contributed by atoms with van der Waals surface area (Å²) in [5, 5.41) is 77.6. The first-order chi connectivity index (χ1) is 43.5. The van der Waals surface area contributed by atoms with Gasteiger partial charge in [-0.1, -0.05) is 30.3 Å². The van der Waals surface area contributed by atoms with E-state index in [1.165, 1.54) is 4.90 Å². The van der Waals surface area contributed by atoms with Crippen molar-refractivity contribution in [2.75, 3.05) is 52.5 Å². The number of carboxylic acids is 1. The van der Waals surface area contributed by atoms with E-state index in [0.29, 0.717) is 24.9 Å². The Bertz CT molecular complexity index is 2820. The summed E-state index contributed by atoms with van der Waals surface area (Å²) in [5.74, 6) is -16.0. The van der Waals surface area contributed by atoms with Gasteiger partial charge in [0.15, 0.2) is 12.0 Å². The Morgan fingerprint density at radius 1 is 0.587 bits per heavy atom. The lowest BCUT2D eigenvalue weighted by Crippen LogP contribution is -2.61. The van der Waals surface area contributed by atoms with Crippen LogP contribution < -0.4 is 86.7 Å². The molecular weight excluding hydrogens is 1220 g/mol. The molecule has 0 radical (unpaired) electrons. The minimum atomic E-state index is -1.90. The van der Waals surface area contributed by atoms with E-state index in [9.17, 15) is 97.5 Å². The second kappa shape index (κ2) is 38.8. The largest absolute Gasteiger partial charge is 0.480 e. The average Bonchev–Trinajstić information content (AvgIpc) is 1.68. The number of nitrogens with two attached hydrogens (primary N) is 4. The fraction of sp³-hybridized carbons (Fsp3) is 0.593. The third-order valence-electron chi connectivity index (χ3n) is 14.2. The fourth-order valence-corrected chi connectivity index (χ4v) is 9.24. The molecule has 0 aromatic heterocycles. The van der Waals surface area contributed by atoms with Crippen LogP contribution in [-0.4, -0.2) is 250 Å². The van der Waals surface area contributed by atoms with Crippen molar-refractivity contribution in [1.82, 2.24) is 68.7 Å². The molecule has 510 valence electrons. The van der Waals surface area contributed by atoms with Gasteiger partial charge in [-0.3, -0.25) is 72.1 Å². The Morgan fingerprint density at radius 3 is 1.64 bits per heavy atom. The normalized spacial score (nSPS) is 17.4. The minimum Gasteiger partial charge on any atom is -0.480 e. The molecule has 38 nitrogen and oxygen atoms in total.